The Balaban J connectivity index is -0.000000853. The van der Waals surface area contributed by atoms with Gasteiger partial charge in [-0.1, -0.05) is 30.3 Å². The molecule has 0 radical (unpaired) electrons. The van der Waals surface area contributed by atoms with Gasteiger partial charge in [0, 0.05) is 0 Å². The summed E-state index contributed by atoms with van der Waals surface area (Å²) in [6.07, 6.45) is 0. The molecule has 9 nitrogen and oxygen atoms in total. The minimum atomic E-state index is -5.84. The van der Waals surface area contributed by atoms with Gasteiger partial charge in [0.25, 0.3) is 0 Å². The van der Waals surface area contributed by atoms with E-state index in [2.05, 4.69) is 0 Å². The first-order valence-corrected chi connectivity index (χ1v) is 7.08. The molecule has 1 rings (SSSR count). The molecule has 1 aromatic rings. The molecule has 0 aliphatic heterocycles. The quantitative estimate of drug-likeness (QED) is 0.393. The van der Waals surface area contributed by atoms with Crippen molar-refractivity contribution in [1.82, 2.24) is 12.3 Å². The number of benzene rings is 1. The molecular weight excluding hydrogens is 479 g/mol. The van der Waals surface area contributed by atoms with Gasteiger partial charge in [0.15, 0.2) is 0 Å². The third-order valence-electron chi connectivity index (χ3n) is 2.03. The Bertz CT molecular complexity index is 453. The van der Waals surface area contributed by atoms with Crippen molar-refractivity contribution in [3.63, 3.8) is 0 Å². The van der Waals surface area contributed by atoms with Crippen molar-refractivity contribution in [2.45, 2.75) is 5.02 Å². The third kappa shape index (κ3) is 4.55. The van der Waals surface area contributed by atoms with E-state index in [9.17, 15) is 28.7 Å². The molecule has 0 unspecified atom stereocenters. The van der Waals surface area contributed by atoms with Crippen molar-refractivity contribution in [3.05, 3.63) is 35.9 Å². The number of rotatable bonds is 3. The van der Waals surface area contributed by atoms with Crippen LogP contribution in [0.4, 0.5) is 0 Å². The summed E-state index contributed by atoms with van der Waals surface area (Å²) in [6.45, 7) is 0. The fourth-order valence-corrected chi connectivity index (χ4v) is 3.28. The van der Waals surface area contributed by atoms with E-state index >= 15 is 0 Å². The summed E-state index contributed by atoms with van der Waals surface area (Å²) < 4.78 is 21.8. The van der Waals surface area contributed by atoms with Crippen molar-refractivity contribution in [1.29, 1.82) is 0 Å². The van der Waals surface area contributed by atoms with Crippen LogP contribution >= 0.6 is 15.2 Å². The predicted molar refractivity (Wildman–Crippen MR) is 57.6 cm³/mol. The minimum Gasteiger partial charge on any atom is -0.809 e. The molecule has 0 spiro atoms. The topological polar surface area (TPSA) is 222 Å². The largest absolute Gasteiger partial charge is 2.00 e. The maximum Gasteiger partial charge on any atom is 2.00 e. The summed E-state index contributed by atoms with van der Waals surface area (Å²) in [4.78, 5) is 43.5. The van der Waals surface area contributed by atoms with Gasteiger partial charge in [0.1, 0.15) is 0 Å². The van der Waals surface area contributed by atoms with Crippen molar-refractivity contribution < 1.29 is 49.8 Å². The van der Waals surface area contributed by atoms with E-state index in [-0.39, 0.29) is 33.4 Å². The van der Waals surface area contributed by atoms with E-state index in [0.29, 0.717) is 0 Å². The molecule has 0 aromatic heterocycles. The Morgan fingerprint density at radius 2 is 1.21 bits per heavy atom. The SMILES string of the molecule is N.N.NC(c1ccccc1)(P(=O)([O-])[O-])P(=O)([O-])[O-].[Pt+2]. The Morgan fingerprint density at radius 3 is 1.47 bits per heavy atom. The van der Waals surface area contributed by atoms with Gasteiger partial charge in [0.2, 0.25) is 0 Å². The van der Waals surface area contributed by atoms with Crippen LogP contribution in [0, 0.1) is 0 Å². The summed E-state index contributed by atoms with van der Waals surface area (Å²) in [5.74, 6) is 0. The number of nitrogens with two attached hydrogens (primary N) is 1. The standard InChI is InChI=1S/C7H11NO6P2.2H3N.Pt/c8-7(15(9,10)11,16(12,13)14)6-4-2-1-3-5-6;;;/h1-5H,8H2,(H2,9,10,11)(H2,12,13,14);2*1H3;/q;;;+2/p-4. The van der Waals surface area contributed by atoms with E-state index in [0.717, 1.165) is 12.1 Å². The van der Waals surface area contributed by atoms with Crippen LogP contribution in [0.25, 0.3) is 0 Å². The molecule has 0 saturated heterocycles. The molecule has 0 heterocycles. The molecule has 8 N–H and O–H groups in total. The van der Waals surface area contributed by atoms with Crippen molar-refractivity contribution in [2.24, 2.45) is 5.73 Å². The summed E-state index contributed by atoms with van der Waals surface area (Å²) in [6, 6.07) is 5.96. The van der Waals surface area contributed by atoms with Gasteiger partial charge in [-0.05, 0) is 20.8 Å². The fraction of sp³-hybridized carbons (Fsp3) is 0.143. The summed E-state index contributed by atoms with van der Waals surface area (Å²) in [5.41, 5.74) is 4.44. The first-order chi connectivity index (χ1) is 7.11. The van der Waals surface area contributed by atoms with E-state index < -0.39 is 25.8 Å². The minimum absolute atomic E-state index is 0. The van der Waals surface area contributed by atoms with E-state index in [4.69, 9.17) is 5.73 Å². The van der Waals surface area contributed by atoms with Crippen LogP contribution in [-0.4, -0.2) is 0 Å². The van der Waals surface area contributed by atoms with E-state index in [1.165, 1.54) is 18.2 Å². The number of hydrogen-bond acceptors (Lipinski definition) is 9. The smallest absolute Gasteiger partial charge is 0.809 e. The van der Waals surface area contributed by atoms with Crippen molar-refractivity contribution in [2.75, 3.05) is 0 Å². The Morgan fingerprint density at radius 1 is 0.895 bits per heavy atom. The summed E-state index contributed by atoms with van der Waals surface area (Å²) >= 11 is 0. The van der Waals surface area contributed by atoms with Crippen molar-refractivity contribution >= 4 is 15.2 Å². The van der Waals surface area contributed by atoms with Crippen LogP contribution in [0.1, 0.15) is 5.56 Å². The van der Waals surface area contributed by atoms with Gasteiger partial charge >= 0.3 is 21.1 Å². The van der Waals surface area contributed by atoms with Gasteiger partial charge in [-0.15, -0.1) is 0 Å². The molecule has 19 heavy (non-hydrogen) atoms. The van der Waals surface area contributed by atoms with Gasteiger partial charge in [0.05, 0.1) is 5.02 Å². The van der Waals surface area contributed by atoms with Gasteiger partial charge in [-0.25, -0.2) is 0 Å². The first kappa shape index (κ1) is 24.1. The molecule has 1 aromatic carbocycles. The molecule has 0 saturated carbocycles. The maximum atomic E-state index is 10.9. The zero-order valence-electron chi connectivity index (χ0n) is 9.54. The normalized spacial score (nSPS) is 11.6. The number of hydrogen-bond donors (Lipinski definition) is 3. The molecule has 0 atom stereocenters. The molecule has 0 aliphatic rings. The maximum absolute atomic E-state index is 10.9. The van der Waals surface area contributed by atoms with Crippen LogP contribution in [0.2, 0.25) is 0 Å². The van der Waals surface area contributed by atoms with Crippen LogP contribution in [0.5, 0.6) is 0 Å². The molecule has 12 heteroatoms. The Kier molecular flexibility index (Phi) is 9.86. The van der Waals surface area contributed by atoms with Crippen LogP contribution in [0.3, 0.4) is 0 Å². The van der Waals surface area contributed by atoms with E-state index in [1.807, 2.05) is 0 Å². The third-order valence-corrected chi connectivity index (χ3v) is 5.69. The average Bonchev–Trinajstić information content (AvgIpc) is 2.14. The zero-order valence-corrected chi connectivity index (χ0v) is 13.6. The van der Waals surface area contributed by atoms with Crippen LogP contribution in [-0.2, 0) is 35.2 Å². The Labute approximate surface area is 124 Å². The van der Waals surface area contributed by atoms with Crippen molar-refractivity contribution in [3.8, 4) is 0 Å². The molecule has 0 fully saturated rings. The molecule has 0 bridgehead atoms. The zero-order chi connectivity index (χ0) is 12.6. The molecule has 0 amide bonds. The average molecular weight is 492 g/mol. The van der Waals surface area contributed by atoms with Gasteiger partial charge in [-0.2, -0.15) is 0 Å². The van der Waals surface area contributed by atoms with E-state index in [1.54, 1.807) is 0 Å². The molecule has 114 valence electrons. The van der Waals surface area contributed by atoms with Gasteiger partial charge < -0.3 is 46.7 Å². The summed E-state index contributed by atoms with van der Waals surface area (Å²) in [7, 11) is -11.7. The molecule has 0 aliphatic carbocycles. The van der Waals surface area contributed by atoms with Crippen LogP contribution in [0.15, 0.2) is 30.3 Å². The fourth-order valence-electron chi connectivity index (χ4n) is 1.15. The second-order valence-electron chi connectivity index (χ2n) is 3.09. The second kappa shape index (κ2) is 7.76. The van der Waals surface area contributed by atoms with Gasteiger partial charge in [-0.3, -0.25) is 0 Å². The second-order valence-corrected chi connectivity index (χ2v) is 6.84. The first-order valence-electron chi connectivity index (χ1n) is 3.99. The Hall–Kier alpha value is 0.0883. The monoisotopic (exact) mass is 492 g/mol. The predicted octanol–water partition coefficient (Wildman–Crippen LogP) is -2.10. The van der Waals surface area contributed by atoms with Crippen LogP contribution < -0.4 is 37.6 Å². The molecular formula is C7H13N3O6P2Pt-2. The summed E-state index contributed by atoms with van der Waals surface area (Å²) in [5, 5.41) is -3.44.